The Morgan fingerprint density at radius 2 is 2.22 bits per heavy atom. The molecule has 2 aliphatic rings. The Kier molecular flexibility index (Phi) is 3.12. The summed E-state index contributed by atoms with van der Waals surface area (Å²) in [5.74, 6) is 0.945. The van der Waals surface area contributed by atoms with Crippen LogP contribution in [0.1, 0.15) is 31.2 Å². The Balaban J connectivity index is 1.89. The number of ether oxygens (including phenoxy) is 1. The third-order valence-corrected chi connectivity index (χ3v) is 4.04. The molecule has 3 rings (SSSR count). The second kappa shape index (κ2) is 4.76. The summed E-state index contributed by atoms with van der Waals surface area (Å²) in [6.07, 6.45) is 7.21. The van der Waals surface area contributed by atoms with Crippen molar-refractivity contribution < 1.29 is 4.74 Å². The van der Waals surface area contributed by atoms with Crippen LogP contribution in [0.4, 0.5) is 11.5 Å². The van der Waals surface area contributed by atoms with Crippen molar-refractivity contribution in [1.82, 2.24) is 4.98 Å². The van der Waals surface area contributed by atoms with Crippen LogP contribution in [0.2, 0.25) is 0 Å². The smallest absolute Gasteiger partial charge is 0.152 e. The maximum absolute atomic E-state index is 6.13. The van der Waals surface area contributed by atoms with Gasteiger partial charge in [-0.15, -0.1) is 0 Å². The quantitative estimate of drug-likeness (QED) is 0.826. The monoisotopic (exact) mass is 247 g/mol. The molecule has 2 unspecified atom stereocenters. The number of rotatable bonds is 1. The van der Waals surface area contributed by atoms with Gasteiger partial charge in [-0.3, -0.25) is 0 Å². The van der Waals surface area contributed by atoms with Crippen LogP contribution in [0.15, 0.2) is 12.3 Å². The van der Waals surface area contributed by atoms with Crippen LogP contribution in [0.5, 0.6) is 0 Å². The lowest BCUT2D eigenvalue weighted by Crippen LogP contribution is -2.53. The number of pyridine rings is 1. The van der Waals surface area contributed by atoms with E-state index < -0.39 is 0 Å². The maximum atomic E-state index is 6.13. The van der Waals surface area contributed by atoms with Crippen LogP contribution in [0, 0.1) is 6.92 Å². The predicted molar refractivity (Wildman–Crippen MR) is 72.7 cm³/mol. The molecule has 2 fully saturated rings. The van der Waals surface area contributed by atoms with Gasteiger partial charge in [0.15, 0.2) is 5.82 Å². The first kappa shape index (κ1) is 11.8. The maximum Gasteiger partial charge on any atom is 0.152 e. The van der Waals surface area contributed by atoms with E-state index in [0.29, 0.717) is 12.1 Å². The van der Waals surface area contributed by atoms with Crippen LogP contribution >= 0.6 is 0 Å². The minimum atomic E-state index is 0.370. The molecular weight excluding hydrogens is 226 g/mol. The van der Waals surface area contributed by atoms with E-state index in [9.17, 15) is 0 Å². The number of hydrogen-bond donors (Lipinski definition) is 1. The fraction of sp³-hybridized carbons (Fsp3) is 0.643. The van der Waals surface area contributed by atoms with Crippen molar-refractivity contribution in [2.45, 2.75) is 44.8 Å². The van der Waals surface area contributed by atoms with Crippen LogP contribution in [-0.4, -0.2) is 30.3 Å². The van der Waals surface area contributed by atoms with E-state index in [1.807, 2.05) is 19.2 Å². The molecule has 98 valence electrons. The minimum Gasteiger partial charge on any atom is -0.396 e. The van der Waals surface area contributed by atoms with Gasteiger partial charge in [-0.05, 0) is 31.4 Å². The van der Waals surface area contributed by atoms with Gasteiger partial charge in [0.25, 0.3) is 0 Å². The Hall–Kier alpha value is -1.29. The second-order valence-electron chi connectivity index (χ2n) is 5.38. The topological polar surface area (TPSA) is 51.4 Å². The van der Waals surface area contributed by atoms with Gasteiger partial charge in [-0.1, -0.05) is 12.8 Å². The van der Waals surface area contributed by atoms with Gasteiger partial charge in [0, 0.05) is 12.7 Å². The molecular formula is C14H21N3O. The summed E-state index contributed by atoms with van der Waals surface area (Å²) in [4.78, 5) is 6.90. The first-order valence-electron chi connectivity index (χ1n) is 6.86. The first-order chi connectivity index (χ1) is 8.75. The molecule has 0 bridgehead atoms. The van der Waals surface area contributed by atoms with Gasteiger partial charge in [0.2, 0.25) is 0 Å². The highest BCUT2D eigenvalue weighted by molar-refractivity contribution is 5.64. The van der Waals surface area contributed by atoms with E-state index in [2.05, 4.69) is 9.88 Å². The molecule has 1 aromatic rings. The molecule has 0 amide bonds. The molecule has 2 atom stereocenters. The van der Waals surface area contributed by atoms with Crippen LogP contribution in [0.3, 0.4) is 0 Å². The van der Waals surface area contributed by atoms with Crippen molar-refractivity contribution in [3.63, 3.8) is 0 Å². The SMILES string of the molecule is Cc1cnc(N2CCOC3CCCCC32)c(N)c1. The average Bonchev–Trinajstić information content (AvgIpc) is 2.38. The van der Waals surface area contributed by atoms with Gasteiger partial charge >= 0.3 is 0 Å². The average molecular weight is 247 g/mol. The number of nitrogens with two attached hydrogens (primary N) is 1. The molecule has 1 aliphatic heterocycles. The zero-order chi connectivity index (χ0) is 12.5. The molecule has 2 heterocycles. The summed E-state index contributed by atoms with van der Waals surface area (Å²) in [5, 5.41) is 0. The van der Waals surface area contributed by atoms with Crippen molar-refractivity contribution in [1.29, 1.82) is 0 Å². The molecule has 1 saturated carbocycles. The van der Waals surface area contributed by atoms with E-state index in [0.717, 1.165) is 30.2 Å². The summed E-state index contributed by atoms with van der Waals surface area (Å²) < 4.78 is 5.89. The van der Waals surface area contributed by atoms with Crippen molar-refractivity contribution in [3.8, 4) is 0 Å². The number of nitrogen functional groups attached to an aromatic ring is 1. The highest BCUT2D eigenvalue weighted by Gasteiger charge is 2.35. The number of anilines is 2. The molecule has 2 N–H and O–H groups in total. The van der Waals surface area contributed by atoms with Crippen molar-refractivity contribution in [2.75, 3.05) is 23.8 Å². The van der Waals surface area contributed by atoms with E-state index in [4.69, 9.17) is 10.5 Å². The molecule has 1 saturated heterocycles. The Labute approximate surface area is 108 Å². The van der Waals surface area contributed by atoms with Gasteiger partial charge in [-0.25, -0.2) is 4.98 Å². The molecule has 1 aromatic heterocycles. The van der Waals surface area contributed by atoms with Gasteiger partial charge in [-0.2, -0.15) is 0 Å². The second-order valence-corrected chi connectivity index (χ2v) is 5.38. The lowest BCUT2D eigenvalue weighted by atomic mass is 9.90. The van der Waals surface area contributed by atoms with E-state index in [1.54, 1.807) is 0 Å². The van der Waals surface area contributed by atoms with Gasteiger partial charge in [0.05, 0.1) is 24.4 Å². The lowest BCUT2D eigenvalue weighted by molar-refractivity contribution is -0.00892. The molecule has 0 spiro atoms. The van der Waals surface area contributed by atoms with Crippen LogP contribution < -0.4 is 10.6 Å². The highest BCUT2D eigenvalue weighted by atomic mass is 16.5. The lowest BCUT2D eigenvalue weighted by Gasteiger charge is -2.44. The number of aromatic nitrogens is 1. The number of hydrogen-bond acceptors (Lipinski definition) is 4. The molecule has 0 aromatic carbocycles. The molecule has 0 radical (unpaired) electrons. The standard InChI is InChI=1S/C14H21N3O/c1-10-8-11(15)14(16-9-10)17-6-7-18-13-5-3-2-4-12(13)17/h8-9,12-13H,2-7,15H2,1H3. The number of fused-ring (bicyclic) bond motifs is 1. The summed E-state index contributed by atoms with van der Waals surface area (Å²) >= 11 is 0. The van der Waals surface area contributed by atoms with Crippen molar-refractivity contribution in [2.24, 2.45) is 0 Å². The summed E-state index contributed by atoms with van der Waals surface area (Å²) in [6.45, 7) is 3.72. The van der Waals surface area contributed by atoms with Crippen LogP contribution in [-0.2, 0) is 4.74 Å². The van der Waals surface area contributed by atoms with E-state index in [1.165, 1.54) is 25.7 Å². The number of aryl methyl sites for hydroxylation is 1. The Morgan fingerprint density at radius 3 is 3.06 bits per heavy atom. The highest BCUT2D eigenvalue weighted by Crippen LogP contribution is 2.33. The fourth-order valence-electron chi connectivity index (χ4n) is 3.18. The molecule has 4 heteroatoms. The van der Waals surface area contributed by atoms with E-state index >= 15 is 0 Å². The van der Waals surface area contributed by atoms with E-state index in [-0.39, 0.29) is 0 Å². The minimum absolute atomic E-state index is 0.370. The molecule has 4 nitrogen and oxygen atoms in total. The Bertz CT molecular complexity index is 433. The van der Waals surface area contributed by atoms with Crippen LogP contribution in [0.25, 0.3) is 0 Å². The zero-order valence-corrected chi connectivity index (χ0v) is 10.9. The molecule has 18 heavy (non-hydrogen) atoms. The predicted octanol–water partition coefficient (Wildman–Crippen LogP) is 2.12. The summed E-state index contributed by atoms with van der Waals surface area (Å²) in [5.41, 5.74) is 8.04. The first-order valence-corrected chi connectivity index (χ1v) is 6.86. The normalized spacial score (nSPS) is 27.9. The zero-order valence-electron chi connectivity index (χ0n) is 10.9. The number of nitrogens with zero attached hydrogens (tertiary/aromatic N) is 2. The third kappa shape index (κ3) is 2.05. The third-order valence-electron chi connectivity index (χ3n) is 4.04. The van der Waals surface area contributed by atoms with Gasteiger partial charge in [0.1, 0.15) is 0 Å². The Morgan fingerprint density at radius 1 is 1.39 bits per heavy atom. The molecule has 1 aliphatic carbocycles. The van der Waals surface area contributed by atoms with Gasteiger partial charge < -0.3 is 15.4 Å². The fourth-order valence-corrected chi connectivity index (χ4v) is 3.18. The van der Waals surface area contributed by atoms with Crippen molar-refractivity contribution in [3.05, 3.63) is 17.8 Å². The number of morpholine rings is 1. The van der Waals surface area contributed by atoms with Crippen molar-refractivity contribution >= 4 is 11.5 Å². The summed E-state index contributed by atoms with van der Waals surface area (Å²) in [6, 6.07) is 2.47. The summed E-state index contributed by atoms with van der Waals surface area (Å²) in [7, 11) is 0. The largest absolute Gasteiger partial charge is 0.396 e.